The summed E-state index contributed by atoms with van der Waals surface area (Å²) in [5.41, 5.74) is 0.774. The molecule has 1 aromatic carbocycles. The smallest absolute Gasteiger partial charge is 0.304 e. The van der Waals surface area contributed by atoms with Crippen LogP contribution in [0.2, 0.25) is 0 Å². The summed E-state index contributed by atoms with van der Waals surface area (Å²) in [6.45, 7) is -0.0798. The molecule has 0 aromatic heterocycles. The number of hydrogen-bond donors (Lipinski definition) is 3. The first-order valence-electron chi connectivity index (χ1n) is 5.93. The zero-order chi connectivity index (χ0) is 15.9. The van der Waals surface area contributed by atoms with Gasteiger partial charge in [-0.3, -0.25) is 14.3 Å². The Bertz CT molecular complexity index is 597. The molecule has 21 heavy (non-hydrogen) atoms. The van der Waals surface area contributed by atoms with Gasteiger partial charge in [0.05, 0.1) is 12.2 Å². The number of carbonyl (C=O) groups excluding carboxylic acids is 1. The number of carbonyl (C=O) groups is 2. The lowest BCUT2D eigenvalue weighted by atomic mass is 10.3. The molecule has 9 heteroatoms. The molecule has 3 N–H and O–H groups in total. The number of carboxylic acid groups (broad SMARTS) is 1. The number of anilines is 2. The first-order chi connectivity index (χ1) is 9.82. The van der Waals surface area contributed by atoms with Crippen molar-refractivity contribution in [3.8, 4) is 0 Å². The van der Waals surface area contributed by atoms with Gasteiger partial charge >= 0.3 is 5.97 Å². The van der Waals surface area contributed by atoms with Gasteiger partial charge in [0.15, 0.2) is 0 Å². The highest BCUT2D eigenvalue weighted by molar-refractivity contribution is 7.92. The fraction of sp³-hybridized carbons (Fsp3) is 0.333. The molecule has 1 aromatic rings. The zero-order valence-electron chi connectivity index (χ0n) is 11.3. The van der Waals surface area contributed by atoms with E-state index >= 15 is 0 Å². The van der Waals surface area contributed by atoms with Gasteiger partial charge in [-0.25, -0.2) is 8.42 Å². The van der Waals surface area contributed by atoms with Crippen LogP contribution in [0, 0.1) is 0 Å². The quantitative estimate of drug-likeness (QED) is 0.641. The number of carboxylic acids is 1. The Kier molecular flexibility index (Phi) is 6.12. The third kappa shape index (κ3) is 6.72. The van der Waals surface area contributed by atoms with Gasteiger partial charge in [-0.1, -0.05) is 0 Å². The summed E-state index contributed by atoms with van der Waals surface area (Å²) in [6.07, 6.45) is -0.472. The van der Waals surface area contributed by atoms with Crippen LogP contribution in [0.3, 0.4) is 0 Å². The molecule has 0 aliphatic rings. The normalized spacial score (nSPS) is 10.9. The van der Waals surface area contributed by atoms with Crippen LogP contribution in [0.5, 0.6) is 0 Å². The number of rotatable bonds is 8. The summed E-state index contributed by atoms with van der Waals surface area (Å²) in [7, 11) is -2.31. The van der Waals surface area contributed by atoms with Crippen molar-refractivity contribution < 1.29 is 27.9 Å². The first-order valence-corrected chi connectivity index (χ1v) is 7.59. The predicted molar refractivity (Wildman–Crippen MR) is 76.6 cm³/mol. The molecule has 116 valence electrons. The Labute approximate surface area is 122 Å². The number of sulfonamides is 1. The van der Waals surface area contributed by atoms with Crippen molar-refractivity contribution in [3.05, 3.63) is 24.3 Å². The van der Waals surface area contributed by atoms with Crippen molar-refractivity contribution in [1.29, 1.82) is 0 Å². The van der Waals surface area contributed by atoms with E-state index in [1.807, 2.05) is 0 Å². The maximum Gasteiger partial charge on any atom is 0.304 e. The molecule has 0 saturated heterocycles. The minimum atomic E-state index is -3.71. The number of amides is 1. The minimum Gasteiger partial charge on any atom is -0.481 e. The molecule has 0 unspecified atom stereocenters. The molecular weight excluding hydrogens is 300 g/mol. The number of methoxy groups -OCH3 is 1. The van der Waals surface area contributed by atoms with Crippen molar-refractivity contribution >= 4 is 33.3 Å². The average molecular weight is 316 g/mol. The van der Waals surface area contributed by atoms with E-state index in [0.717, 1.165) is 0 Å². The van der Waals surface area contributed by atoms with Crippen molar-refractivity contribution in [3.63, 3.8) is 0 Å². The lowest BCUT2D eigenvalue weighted by Crippen LogP contribution is -2.19. The Morgan fingerprint density at radius 2 is 1.76 bits per heavy atom. The van der Waals surface area contributed by atoms with E-state index < -0.39 is 28.2 Å². The van der Waals surface area contributed by atoms with Crippen LogP contribution in [-0.2, 0) is 24.3 Å². The van der Waals surface area contributed by atoms with Gasteiger partial charge in [-0.05, 0) is 24.3 Å². The molecule has 1 amide bonds. The fourth-order valence-corrected chi connectivity index (χ4v) is 2.44. The van der Waals surface area contributed by atoms with Crippen LogP contribution in [-0.4, -0.2) is 44.9 Å². The molecule has 0 atom stereocenters. The number of aliphatic carboxylic acids is 1. The van der Waals surface area contributed by atoms with Crippen molar-refractivity contribution in [2.24, 2.45) is 0 Å². The lowest BCUT2D eigenvalue weighted by Gasteiger charge is -2.08. The van der Waals surface area contributed by atoms with E-state index in [1.165, 1.54) is 31.4 Å². The summed E-state index contributed by atoms with van der Waals surface area (Å²) in [6, 6.07) is 5.95. The van der Waals surface area contributed by atoms with Gasteiger partial charge in [-0.15, -0.1) is 0 Å². The van der Waals surface area contributed by atoms with E-state index in [2.05, 4.69) is 14.8 Å². The van der Waals surface area contributed by atoms with Gasteiger partial charge in [0.1, 0.15) is 6.61 Å². The molecule has 0 saturated carbocycles. The Morgan fingerprint density at radius 1 is 1.19 bits per heavy atom. The monoisotopic (exact) mass is 316 g/mol. The highest BCUT2D eigenvalue weighted by atomic mass is 32.2. The standard InChI is InChI=1S/C12H16N2O6S/c1-20-8-11(15)13-9-2-4-10(5-3-9)14-21(18,19)7-6-12(16)17/h2-5,14H,6-8H2,1H3,(H,13,15)(H,16,17). The van der Waals surface area contributed by atoms with E-state index in [4.69, 9.17) is 5.11 Å². The molecule has 0 bridgehead atoms. The van der Waals surface area contributed by atoms with Crippen molar-refractivity contribution in [1.82, 2.24) is 0 Å². The second-order valence-electron chi connectivity index (χ2n) is 4.12. The third-order valence-electron chi connectivity index (χ3n) is 2.30. The molecule has 0 heterocycles. The number of benzene rings is 1. The molecule has 0 radical (unpaired) electrons. The van der Waals surface area contributed by atoms with E-state index in [-0.39, 0.29) is 18.2 Å². The van der Waals surface area contributed by atoms with Crippen LogP contribution in [0.15, 0.2) is 24.3 Å². The summed E-state index contributed by atoms with van der Waals surface area (Å²) >= 11 is 0. The first kappa shape index (κ1) is 16.9. The second kappa shape index (κ2) is 7.60. The van der Waals surface area contributed by atoms with E-state index in [0.29, 0.717) is 5.69 Å². The Balaban J connectivity index is 2.62. The van der Waals surface area contributed by atoms with Crippen LogP contribution in [0.1, 0.15) is 6.42 Å². The van der Waals surface area contributed by atoms with Gasteiger partial charge in [0.2, 0.25) is 15.9 Å². The molecule has 0 fully saturated rings. The van der Waals surface area contributed by atoms with Gasteiger partial charge < -0.3 is 15.2 Å². The maximum atomic E-state index is 11.6. The summed E-state index contributed by atoms with van der Waals surface area (Å²) in [4.78, 5) is 21.6. The fourth-order valence-electron chi connectivity index (χ4n) is 1.40. The van der Waals surface area contributed by atoms with Crippen LogP contribution in [0.25, 0.3) is 0 Å². The Morgan fingerprint density at radius 3 is 2.29 bits per heavy atom. The highest BCUT2D eigenvalue weighted by Crippen LogP contribution is 2.15. The number of ether oxygens (including phenoxy) is 1. The lowest BCUT2D eigenvalue weighted by molar-refractivity contribution is -0.136. The predicted octanol–water partition coefficient (Wildman–Crippen LogP) is 0.488. The van der Waals surface area contributed by atoms with Crippen LogP contribution < -0.4 is 10.0 Å². The highest BCUT2D eigenvalue weighted by Gasteiger charge is 2.12. The van der Waals surface area contributed by atoms with E-state index in [9.17, 15) is 18.0 Å². The number of nitrogens with one attached hydrogen (secondary N) is 2. The minimum absolute atomic E-state index is 0.0798. The third-order valence-corrected chi connectivity index (χ3v) is 3.59. The van der Waals surface area contributed by atoms with Crippen LogP contribution in [0.4, 0.5) is 11.4 Å². The topological polar surface area (TPSA) is 122 Å². The molecule has 0 spiro atoms. The van der Waals surface area contributed by atoms with Crippen molar-refractivity contribution in [2.75, 3.05) is 29.5 Å². The maximum absolute atomic E-state index is 11.6. The van der Waals surface area contributed by atoms with Crippen LogP contribution >= 0.6 is 0 Å². The number of hydrogen-bond acceptors (Lipinski definition) is 5. The molecule has 0 aliphatic carbocycles. The summed E-state index contributed by atoms with van der Waals surface area (Å²) in [5.74, 6) is -2.02. The second-order valence-corrected chi connectivity index (χ2v) is 5.97. The molecule has 1 rings (SSSR count). The molecule has 0 aliphatic heterocycles. The summed E-state index contributed by atoms with van der Waals surface area (Å²) < 4.78 is 30.1. The van der Waals surface area contributed by atoms with Gasteiger partial charge in [0.25, 0.3) is 0 Å². The SMILES string of the molecule is COCC(=O)Nc1ccc(NS(=O)(=O)CCC(=O)O)cc1. The zero-order valence-corrected chi connectivity index (χ0v) is 12.1. The molecular formula is C12H16N2O6S. The Hall–Kier alpha value is -2.13. The van der Waals surface area contributed by atoms with Gasteiger partial charge in [0, 0.05) is 18.5 Å². The summed E-state index contributed by atoms with van der Waals surface area (Å²) in [5, 5.41) is 11.0. The average Bonchev–Trinajstić information content (AvgIpc) is 2.39. The van der Waals surface area contributed by atoms with Gasteiger partial charge in [-0.2, -0.15) is 0 Å². The largest absolute Gasteiger partial charge is 0.481 e. The van der Waals surface area contributed by atoms with E-state index in [1.54, 1.807) is 0 Å². The molecule has 8 nitrogen and oxygen atoms in total. The van der Waals surface area contributed by atoms with Crippen molar-refractivity contribution in [2.45, 2.75) is 6.42 Å².